The van der Waals surface area contributed by atoms with Gasteiger partial charge in [0.15, 0.2) is 0 Å². The lowest BCUT2D eigenvalue weighted by atomic mass is 10.1. The van der Waals surface area contributed by atoms with E-state index in [0.717, 1.165) is 17.7 Å². The average Bonchev–Trinajstić information content (AvgIpc) is 2.67. The first kappa shape index (κ1) is 23.4. The van der Waals surface area contributed by atoms with E-state index in [1.807, 2.05) is 0 Å². The molecule has 7 nitrogen and oxygen atoms in total. The Balaban J connectivity index is 1.84. The molecule has 0 aliphatic heterocycles. The van der Waals surface area contributed by atoms with Crippen molar-refractivity contribution in [1.29, 1.82) is 0 Å². The van der Waals surface area contributed by atoms with Gasteiger partial charge in [0.1, 0.15) is 18.0 Å². The molecule has 2 aromatic heterocycles. The minimum atomic E-state index is -3.01. The van der Waals surface area contributed by atoms with Crippen LogP contribution >= 0.6 is 0 Å². The van der Waals surface area contributed by atoms with Crippen molar-refractivity contribution >= 4 is 27.8 Å². The third kappa shape index (κ3) is 5.72. The summed E-state index contributed by atoms with van der Waals surface area (Å²) in [5, 5.41) is 4.55. The summed E-state index contributed by atoms with van der Waals surface area (Å²) in [6.45, 7) is 5.64. The molecule has 0 aliphatic rings. The fourth-order valence-electron chi connectivity index (χ4n) is 3.45. The molecule has 0 saturated carbocycles. The van der Waals surface area contributed by atoms with Crippen LogP contribution in [0.25, 0.3) is 21.7 Å². The lowest BCUT2D eigenvalue weighted by Crippen LogP contribution is -2.44. The van der Waals surface area contributed by atoms with Crippen molar-refractivity contribution in [3.63, 3.8) is 0 Å². The van der Waals surface area contributed by atoms with E-state index in [1.54, 1.807) is 58.3 Å². The maximum atomic E-state index is 13.6. The Morgan fingerprint density at radius 1 is 1.16 bits per heavy atom. The summed E-state index contributed by atoms with van der Waals surface area (Å²) in [4.78, 5) is 28.7. The maximum absolute atomic E-state index is 13.6. The largest absolute Gasteiger partial charge is 0.491 e. The molecule has 0 saturated heterocycles. The number of carbonyl (C=O) groups is 1. The number of ether oxygens (including phenoxy) is 2. The van der Waals surface area contributed by atoms with E-state index in [9.17, 15) is 18.4 Å². The minimum Gasteiger partial charge on any atom is -0.491 e. The van der Waals surface area contributed by atoms with Crippen molar-refractivity contribution in [2.45, 2.75) is 51.7 Å². The molecule has 0 bridgehead atoms. The third-order valence-corrected chi connectivity index (χ3v) is 4.75. The van der Waals surface area contributed by atoms with Gasteiger partial charge in [-0.3, -0.25) is 9.78 Å². The molecular formula is C23H27F2N3O4. The number of nitrogens with zero attached hydrogens (tertiary/aromatic N) is 2. The number of alkyl carbamates (subject to hydrolysis) is 1. The van der Waals surface area contributed by atoms with E-state index >= 15 is 0 Å². The van der Waals surface area contributed by atoms with E-state index in [2.05, 4.69) is 10.3 Å². The maximum Gasteiger partial charge on any atom is 0.407 e. The molecule has 1 N–H and O–H groups in total. The Hall–Kier alpha value is -3.23. The number of nitrogens with one attached hydrogen (secondary N) is 1. The summed E-state index contributed by atoms with van der Waals surface area (Å²) in [5.74, 6) is -2.63. The third-order valence-electron chi connectivity index (χ3n) is 4.75. The highest BCUT2D eigenvalue weighted by atomic mass is 19.3. The Labute approximate surface area is 184 Å². The van der Waals surface area contributed by atoms with Gasteiger partial charge < -0.3 is 19.4 Å². The molecule has 32 heavy (non-hydrogen) atoms. The Bertz CT molecular complexity index is 1200. The number of carbonyl (C=O) groups excluding carboxylic acids is 1. The second-order valence-corrected chi connectivity index (χ2v) is 8.89. The number of aromatic nitrogens is 2. The van der Waals surface area contributed by atoms with Gasteiger partial charge in [-0.2, -0.15) is 0 Å². The summed E-state index contributed by atoms with van der Waals surface area (Å²) in [6, 6.07) is 5.96. The standard InChI is InChI=1S/C23H27F2N3O4/c1-22(2,3)32-21(30)27-14(11-23(4,24)25)13-31-15-6-7-17-16-8-9-26-12-18(16)20(29)28(5)19(17)10-15/h6-10,12,14H,11,13H2,1-5H3,(H,27,30). The fraction of sp³-hybridized carbons (Fsp3) is 0.435. The van der Waals surface area contributed by atoms with E-state index in [0.29, 0.717) is 16.7 Å². The van der Waals surface area contributed by atoms with Gasteiger partial charge in [-0.15, -0.1) is 0 Å². The summed E-state index contributed by atoms with van der Waals surface area (Å²) in [6.07, 6.45) is 1.73. The quantitative estimate of drug-likeness (QED) is 0.566. The van der Waals surface area contributed by atoms with Crippen LogP contribution in [0.4, 0.5) is 13.6 Å². The second kappa shape index (κ2) is 8.72. The molecule has 3 rings (SSSR count). The number of alkyl halides is 2. The number of pyridine rings is 2. The number of hydrogen-bond acceptors (Lipinski definition) is 5. The summed E-state index contributed by atoms with van der Waals surface area (Å²) < 4.78 is 39.7. The molecule has 1 atom stereocenters. The second-order valence-electron chi connectivity index (χ2n) is 8.89. The Morgan fingerprint density at radius 2 is 1.88 bits per heavy atom. The van der Waals surface area contributed by atoms with Crippen molar-refractivity contribution in [3.05, 3.63) is 47.0 Å². The van der Waals surface area contributed by atoms with Crippen LogP contribution in [-0.4, -0.2) is 39.8 Å². The monoisotopic (exact) mass is 447 g/mol. The van der Waals surface area contributed by atoms with Crippen LogP contribution < -0.4 is 15.6 Å². The van der Waals surface area contributed by atoms with Crippen LogP contribution in [0.2, 0.25) is 0 Å². The van der Waals surface area contributed by atoms with Crippen LogP contribution in [0, 0.1) is 0 Å². The average molecular weight is 447 g/mol. The first-order chi connectivity index (χ1) is 14.8. The highest BCUT2D eigenvalue weighted by Crippen LogP contribution is 2.26. The summed E-state index contributed by atoms with van der Waals surface area (Å²) >= 11 is 0. The highest BCUT2D eigenvalue weighted by molar-refractivity contribution is 6.05. The van der Waals surface area contributed by atoms with E-state index < -0.39 is 30.1 Å². The van der Waals surface area contributed by atoms with E-state index in [-0.39, 0.29) is 12.2 Å². The zero-order valence-electron chi connectivity index (χ0n) is 18.7. The fourth-order valence-corrected chi connectivity index (χ4v) is 3.45. The van der Waals surface area contributed by atoms with Crippen molar-refractivity contribution in [2.24, 2.45) is 7.05 Å². The minimum absolute atomic E-state index is 0.195. The number of hydrogen-bond donors (Lipinski definition) is 1. The van der Waals surface area contributed by atoms with E-state index in [1.165, 1.54) is 10.8 Å². The number of rotatable bonds is 6. The zero-order chi connectivity index (χ0) is 23.7. The van der Waals surface area contributed by atoms with Gasteiger partial charge in [0, 0.05) is 37.3 Å². The Morgan fingerprint density at radius 3 is 2.53 bits per heavy atom. The number of benzene rings is 1. The van der Waals surface area contributed by atoms with Crippen molar-refractivity contribution in [1.82, 2.24) is 14.9 Å². The first-order valence-corrected chi connectivity index (χ1v) is 10.2. The van der Waals surface area contributed by atoms with Gasteiger partial charge in [0.2, 0.25) is 5.92 Å². The molecule has 1 aromatic carbocycles. The number of fused-ring (bicyclic) bond motifs is 3. The first-order valence-electron chi connectivity index (χ1n) is 10.2. The van der Waals surface area contributed by atoms with Crippen LogP contribution in [0.1, 0.15) is 34.1 Å². The number of amides is 1. The van der Waals surface area contributed by atoms with E-state index in [4.69, 9.17) is 9.47 Å². The topological polar surface area (TPSA) is 82.5 Å². The normalized spacial score (nSPS) is 13.2. The molecule has 1 amide bonds. The van der Waals surface area contributed by atoms with Crippen LogP contribution in [-0.2, 0) is 11.8 Å². The SMILES string of the molecule is Cn1c(=O)c2cnccc2c2ccc(OCC(CC(C)(F)F)NC(=O)OC(C)(C)C)cc21. The molecule has 1 unspecified atom stereocenters. The number of halogens is 2. The zero-order valence-corrected chi connectivity index (χ0v) is 18.7. The van der Waals surface area contributed by atoms with Gasteiger partial charge >= 0.3 is 6.09 Å². The lowest BCUT2D eigenvalue weighted by Gasteiger charge is -2.25. The molecule has 0 aliphatic carbocycles. The molecule has 3 aromatic rings. The molecule has 2 heterocycles. The van der Waals surface area contributed by atoms with Crippen molar-refractivity contribution < 1.29 is 23.0 Å². The molecule has 0 radical (unpaired) electrons. The van der Waals surface area contributed by atoms with Gasteiger partial charge in [-0.05, 0) is 51.3 Å². The highest BCUT2D eigenvalue weighted by Gasteiger charge is 2.29. The van der Waals surface area contributed by atoms with Crippen LogP contribution in [0.5, 0.6) is 5.75 Å². The van der Waals surface area contributed by atoms with Crippen LogP contribution in [0.15, 0.2) is 41.5 Å². The van der Waals surface area contributed by atoms with Crippen molar-refractivity contribution in [3.8, 4) is 5.75 Å². The van der Waals surface area contributed by atoms with Gasteiger partial charge in [-0.1, -0.05) is 0 Å². The Kier molecular flexibility index (Phi) is 6.39. The van der Waals surface area contributed by atoms with Gasteiger partial charge in [0.25, 0.3) is 5.56 Å². The lowest BCUT2D eigenvalue weighted by molar-refractivity contribution is -0.00506. The van der Waals surface area contributed by atoms with Crippen molar-refractivity contribution in [2.75, 3.05) is 6.61 Å². The molecule has 9 heteroatoms. The predicted octanol–water partition coefficient (Wildman–Crippen LogP) is 4.40. The smallest absolute Gasteiger partial charge is 0.407 e. The van der Waals surface area contributed by atoms with Gasteiger partial charge in [0.05, 0.1) is 16.9 Å². The molecule has 0 fully saturated rings. The van der Waals surface area contributed by atoms with Crippen LogP contribution in [0.3, 0.4) is 0 Å². The van der Waals surface area contributed by atoms with Gasteiger partial charge in [-0.25, -0.2) is 13.6 Å². The number of aryl methyl sites for hydroxylation is 1. The molecule has 0 spiro atoms. The molecular weight excluding hydrogens is 420 g/mol. The molecule has 172 valence electrons. The summed E-state index contributed by atoms with van der Waals surface area (Å²) in [7, 11) is 1.64. The predicted molar refractivity (Wildman–Crippen MR) is 118 cm³/mol. The summed E-state index contributed by atoms with van der Waals surface area (Å²) in [5.41, 5.74) is -0.331.